The summed E-state index contributed by atoms with van der Waals surface area (Å²) in [7, 11) is 0. The highest BCUT2D eigenvalue weighted by Gasteiger charge is 2.61. The average Bonchev–Trinajstić information content (AvgIpc) is 2.34. The Labute approximate surface area is 94.1 Å². The van der Waals surface area contributed by atoms with Crippen LogP contribution >= 0.6 is 0 Å². The summed E-state index contributed by atoms with van der Waals surface area (Å²) in [5.41, 5.74) is 2.13. The van der Waals surface area contributed by atoms with Crippen molar-refractivity contribution in [3.8, 4) is 0 Å². The van der Waals surface area contributed by atoms with Crippen LogP contribution in [0.5, 0.6) is 0 Å². The van der Waals surface area contributed by atoms with Crippen molar-refractivity contribution >= 4 is 0 Å². The molecule has 3 saturated carbocycles. The van der Waals surface area contributed by atoms with Crippen LogP contribution in [0.2, 0.25) is 0 Å². The lowest BCUT2D eigenvalue weighted by Crippen LogP contribution is -2.50. The van der Waals surface area contributed by atoms with Gasteiger partial charge in [-0.25, -0.2) is 0 Å². The first-order valence-electron chi connectivity index (χ1n) is 6.72. The van der Waals surface area contributed by atoms with Crippen molar-refractivity contribution in [2.24, 2.45) is 35.0 Å². The molecule has 0 nitrogen and oxygen atoms in total. The fourth-order valence-electron chi connectivity index (χ4n) is 5.08. The topological polar surface area (TPSA) is 0 Å². The van der Waals surface area contributed by atoms with Gasteiger partial charge in [0.15, 0.2) is 0 Å². The number of allylic oxidation sites excluding steroid dienone is 1. The van der Waals surface area contributed by atoms with Crippen molar-refractivity contribution in [1.82, 2.24) is 0 Å². The third-order valence-electron chi connectivity index (χ3n) is 6.00. The Morgan fingerprint density at radius 3 is 2.80 bits per heavy atom. The van der Waals surface area contributed by atoms with Crippen LogP contribution in [0.1, 0.15) is 46.5 Å². The second kappa shape index (κ2) is 2.90. The van der Waals surface area contributed by atoms with E-state index in [0.29, 0.717) is 5.41 Å². The van der Waals surface area contributed by atoms with E-state index in [9.17, 15) is 0 Å². The Kier molecular flexibility index (Phi) is 1.92. The fraction of sp³-hybridized carbons (Fsp3) is 0.867. The molecule has 0 amide bonds. The van der Waals surface area contributed by atoms with Gasteiger partial charge < -0.3 is 0 Å². The molecular formula is C15H24. The van der Waals surface area contributed by atoms with E-state index in [1.807, 2.05) is 0 Å². The lowest BCUT2D eigenvalue weighted by atomic mass is 9.48. The van der Waals surface area contributed by atoms with Crippen LogP contribution in [0, 0.1) is 35.0 Å². The van der Waals surface area contributed by atoms with Gasteiger partial charge in [0, 0.05) is 0 Å². The molecule has 84 valence electrons. The maximum atomic E-state index is 4.36. The molecule has 3 aliphatic carbocycles. The van der Waals surface area contributed by atoms with Gasteiger partial charge in [0.2, 0.25) is 0 Å². The van der Waals surface area contributed by atoms with Gasteiger partial charge in [0.1, 0.15) is 0 Å². The molecule has 15 heavy (non-hydrogen) atoms. The number of rotatable bonds is 1. The van der Waals surface area contributed by atoms with Gasteiger partial charge in [-0.2, -0.15) is 0 Å². The fourth-order valence-corrected chi connectivity index (χ4v) is 5.08. The Morgan fingerprint density at radius 1 is 1.40 bits per heavy atom. The van der Waals surface area contributed by atoms with Crippen LogP contribution in [-0.4, -0.2) is 0 Å². The van der Waals surface area contributed by atoms with Gasteiger partial charge in [-0.3, -0.25) is 0 Å². The number of hydrogen-bond donors (Lipinski definition) is 0. The van der Waals surface area contributed by atoms with Crippen molar-refractivity contribution < 1.29 is 0 Å². The second-order valence-corrected chi connectivity index (χ2v) is 6.86. The zero-order valence-electron chi connectivity index (χ0n) is 10.4. The molecule has 0 N–H and O–H groups in total. The van der Waals surface area contributed by atoms with E-state index < -0.39 is 0 Å². The van der Waals surface area contributed by atoms with E-state index in [4.69, 9.17) is 0 Å². The van der Waals surface area contributed by atoms with E-state index in [1.165, 1.54) is 25.7 Å². The largest absolute Gasteiger partial charge is 0.0993 e. The van der Waals surface area contributed by atoms with E-state index in [2.05, 4.69) is 27.4 Å². The van der Waals surface area contributed by atoms with Crippen LogP contribution < -0.4 is 0 Å². The molecule has 0 aliphatic heterocycles. The molecule has 0 bridgehead atoms. The third-order valence-corrected chi connectivity index (χ3v) is 6.00. The van der Waals surface area contributed by atoms with E-state index in [-0.39, 0.29) is 0 Å². The maximum absolute atomic E-state index is 4.36. The molecular weight excluding hydrogens is 180 g/mol. The Bertz CT molecular complexity index is 301. The zero-order chi connectivity index (χ0) is 10.8. The minimum absolute atomic E-state index is 0.541. The van der Waals surface area contributed by atoms with Gasteiger partial charge in [-0.05, 0) is 60.7 Å². The molecule has 3 fully saturated rings. The summed E-state index contributed by atoms with van der Waals surface area (Å²) in [6.45, 7) is 11.7. The average molecular weight is 204 g/mol. The van der Waals surface area contributed by atoms with E-state index >= 15 is 0 Å². The van der Waals surface area contributed by atoms with E-state index in [0.717, 1.165) is 29.6 Å². The molecule has 0 aromatic carbocycles. The smallest absolute Gasteiger partial charge is 0.00851 e. The molecule has 3 rings (SSSR count). The maximum Gasteiger partial charge on any atom is -0.00851 e. The summed E-state index contributed by atoms with van der Waals surface area (Å²) in [4.78, 5) is 0. The highest BCUT2D eigenvalue weighted by Crippen LogP contribution is 2.69. The highest BCUT2D eigenvalue weighted by molar-refractivity contribution is 5.26. The second-order valence-electron chi connectivity index (χ2n) is 6.86. The van der Waals surface area contributed by atoms with Gasteiger partial charge in [-0.1, -0.05) is 32.9 Å². The van der Waals surface area contributed by atoms with Gasteiger partial charge in [0.05, 0.1) is 0 Å². The molecule has 0 aromatic heterocycles. The lowest BCUT2D eigenvalue weighted by Gasteiger charge is -2.56. The minimum atomic E-state index is 0.541. The molecule has 0 aromatic rings. The van der Waals surface area contributed by atoms with Crippen LogP contribution in [0.4, 0.5) is 0 Å². The molecule has 1 unspecified atom stereocenters. The summed E-state index contributed by atoms with van der Waals surface area (Å²) in [6, 6.07) is 0. The Balaban J connectivity index is 1.89. The summed E-state index contributed by atoms with van der Waals surface area (Å²) in [6.07, 6.45) is 5.75. The normalized spacial score (nSPS) is 52.9. The van der Waals surface area contributed by atoms with Gasteiger partial charge in [0.25, 0.3) is 0 Å². The zero-order valence-corrected chi connectivity index (χ0v) is 10.4. The van der Waals surface area contributed by atoms with Crippen molar-refractivity contribution in [2.75, 3.05) is 0 Å². The lowest BCUT2D eigenvalue weighted by molar-refractivity contribution is -0.0707. The molecule has 5 atom stereocenters. The summed E-state index contributed by atoms with van der Waals surface area (Å²) < 4.78 is 0. The standard InChI is InChI=1S/C15H24/c1-9(2)12-5-6-15(4)10(3)7-11-8-13(12)14(11)15/h9,11-14H,3,5-8H2,1-2,4H3/t11?,12-,13+,14+,15+/m0/s1. The van der Waals surface area contributed by atoms with Crippen LogP contribution in [0.25, 0.3) is 0 Å². The van der Waals surface area contributed by atoms with Crippen molar-refractivity contribution in [2.45, 2.75) is 46.5 Å². The predicted molar refractivity (Wildman–Crippen MR) is 64.5 cm³/mol. The molecule has 0 radical (unpaired) electrons. The van der Waals surface area contributed by atoms with E-state index in [1.54, 1.807) is 5.57 Å². The van der Waals surface area contributed by atoms with Crippen LogP contribution in [0.15, 0.2) is 12.2 Å². The first kappa shape index (κ1) is 9.93. The highest BCUT2D eigenvalue weighted by atomic mass is 14.7. The summed E-state index contributed by atoms with van der Waals surface area (Å²) >= 11 is 0. The quantitative estimate of drug-likeness (QED) is 0.559. The first-order chi connectivity index (χ1) is 7.04. The van der Waals surface area contributed by atoms with Crippen molar-refractivity contribution in [3.63, 3.8) is 0 Å². The van der Waals surface area contributed by atoms with Crippen molar-refractivity contribution in [1.29, 1.82) is 0 Å². The monoisotopic (exact) mass is 204 g/mol. The van der Waals surface area contributed by atoms with Crippen LogP contribution in [0.3, 0.4) is 0 Å². The minimum Gasteiger partial charge on any atom is -0.0993 e. The Morgan fingerprint density at radius 2 is 2.13 bits per heavy atom. The molecule has 3 aliphatic rings. The first-order valence-corrected chi connectivity index (χ1v) is 6.72. The molecule has 0 spiro atoms. The third kappa shape index (κ3) is 1.09. The molecule has 0 saturated heterocycles. The van der Waals surface area contributed by atoms with Crippen LogP contribution in [-0.2, 0) is 0 Å². The Hall–Kier alpha value is -0.260. The molecule has 0 heteroatoms. The summed E-state index contributed by atoms with van der Waals surface area (Å²) in [5, 5.41) is 0. The van der Waals surface area contributed by atoms with Gasteiger partial charge in [-0.15, -0.1) is 0 Å². The van der Waals surface area contributed by atoms with Gasteiger partial charge >= 0.3 is 0 Å². The molecule has 0 heterocycles. The van der Waals surface area contributed by atoms with Crippen molar-refractivity contribution in [3.05, 3.63) is 12.2 Å². The summed E-state index contributed by atoms with van der Waals surface area (Å²) in [5.74, 6) is 5.01. The number of hydrogen-bond acceptors (Lipinski definition) is 0. The predicted octanol–water partition coefficient (Wildman–Crippen LogP) is 4.27. The SMILES string of the molecule is C=C1CC2C[C@H]3[C@@H]2[C@]1(C)CC[C@H]3C(C)C.